The number of benzene rings is 1. The molecule has 0 radical (unpaired) electrons. The Labute approximate surface area is 199 Å². The summed E-state index contributed by atoms with van der Waals surface area (Å²) in [5.41, 5.74) is 2.02. The maximum Gasteiger partial charge on any atom is 0.305 e. The highest BCUT2D eigenvalue weighted by Crippen LogP contribution is 2.45. The van der Waals surface area contributed by atoms with Crippen molar-refractivity contribution in [1.29, 1.82) is 0 Å². The molecule has 5 heteroatoms. The lowest BCUT2D eigenvalue weighted by Gasteiger charge is -2.23. The maximum absolute atomic E-state index is 11.5. The van der Waals surface area contributed by atoms with E-state index in [0.29, 0.717) is 19.4 Å². The predicted molar refractivity (Wildman–Crippen MR) is 131 cm³/mol. The van der Waals surface area contributed by atoms with Gasteiger partial charge in [-0.2, -0.15) is 0 Å². The lowest BCUT2D eigenvalue weighted by molar-refractivity contribution is -0.143. The third kappa shape index (κ3) is 8.53. The van der Waals surface area contributed by atoms with Crippen molar-refractivity contribution in [2.24, 2.45) is 5.92 Å². The highest BCUT2D eigenvalue weighted by Gasteiger charge is 2.41. The van der Waals surface area contributed by atoms with E-state index in [4.69, 9.17) is 16.3 Å². The fourth-order valence-corrected chi connectivity index (χ4v) is 4.99. The molecule has 1 aromatic rings. The first kappa shape index (κ1) is 26.9. The van der Waals surface area contributed by atoms with Crippen LogP contribution in [-0.2, 0) is 9.53 Å². The average Bonchev–Trinajstić information content (AvgIpc) is 3.07. The number of carbonyl (C=O) groups excluding carboxylic acids is 1. The Morgan fingerprint density at radius 3 is 2.59 bits per heavy atom. The Kier molecular flexibility index (Phi) is 12.4. The number of esters is 1. The number of allylic oxidation sites excluding steroid dienone is 2. The van der Waals surface area contributed by atoms with Crippen LogP contribution in [0.4, 0.5) is 0 Å². The molecule has 1 aromatic carbocycles. The van der Waals surface area contributed by atoms with Gasteiger partial charge in [-0.3, -0.25) is 4.79 Å². The number of rotatable bonds is 14. The minimum absolute atomic E-state index is 0.00236. The summed E-state index contributed by atoms with van der Waals surface area (Å²) >= 11 is 6.61. The summed E-state index contributed by atoms with van der Waals surface area (Å²) in [6.45, 7) is 4.64. The van der Waals surface area contributed by atoms with Crippen molar-refractivity contribution in [3.05, 3.63) is 47.5 Å². The predicted octanol–water partition coefficient (Wildman–Crippen LogP) is 6.44. The van der Waals surface area contributed by atoms with Crippen molar-refractivity contribution in [3.63, 3.8) is 0 Å². The molecule has 0 heterocycles. The van der Waals surface area contributed by atoms with Gasteiger partial charge in [-0.15, -0.1) is 11.6 Å². The van der Waals surface area contributed by atoms with Gasteiger partial charge in [0.05, 0.1) is 18.8 Å². The molecule has 2 N–H and O–H groups in total. The van der Waals surface area contributed by atoms with Gasteiger partial charge in [0.25, 0.3) is 0 Å². The van der Waals surface area contributed by atoms with Gasteiger partial charge in [0, 0.05) is 17.7 Å². The lowest BCUT2D eigenvalue weighted by Crippen LogP contribution is -2.18. The van der Waals surface area contributed by atoms with Gasteiger partial charge in [0.15, 0.2) is 0 Å². The monoisotopic (exact) mass is 464 g/mol. The summed E-state index contributed by atoms with van der Waals surface area (Å²) in [5, 5.41) is 21.0. The van der Waals surface area contributed by atoms with Crippen LogP contribution >= 0.6 is 11.6 Å². The van der Waals surface area contributed by atoms with Crippen LogP contribution < -0.4 is 0 Å². The fourth-order valence-electron chi connectivity index (χ4n) is 4.54. The Hall–Kier alpha value is -1.36. The number of hydrogen-bond donors (Lipinski definition) is 2. The summed E-state index contributed by atoms with van der Waals surface area (Å²) < 4.78 is 5.09. The van der Waals surface area contributed by atoms with E-state index in [0.717, 1.165) is 62.5 Å². The van der Waals surface area contributed by atoms with E-state index >= 15 is 0 Å². The van der Waals surface area contributed by atoms with Crippen molar-refractivity contribution in [3.8, 4) is 0 Å². The Balaban J connectivity index is 1.88. The number of carbonyl (C=O) groups is 1. The molecule has 0 bridgehead atoms. The summed E-state index contributed by atoms with van der Waals surface area (Å²) in [6.07, 6.45) is 11.8. The van der Waals surface area contributed by atoms with Crippen molar-refractivity contribution >= 4 is 17.6 Å². The second-order valence-electron chi connectivity index (χ2n) is 9.01. The first-order chi connectivity index (χ1) is 15.5. The number of aliphatic hydroxyl groups is 2. The smallest absolute Gasteiger partial charge is 0.305 e. The van der Waals surface area contributed by atoms with Gasteiger partial charge >= 0.3 is 5.97 Å². The van der Waals surface area contributed by atoms with E-state index in [-0.39, 0.29) is 23.2 Å². The molecule has 0 aromatic heterocycles. The number of halogens is 1. The van der Waals surface area contributed by atoms with Gasteiger partial charge in [-0.1, -0.05) is 69.5 Å². The molecule has 0 aliphatic heterocycles. The third-order valence-electron chi connectivity index (χ3n) is 6.39. The minimum atomic E-state index is -0.454. The molecule has 180 valence electrons. The number of alkyl halides is 1. The normalized spacial score (nSPS) is 24.2. The van der Waals surface area contributed by atoms with Crippen LogP contribution in [0.2, 0.25) is 0 Å². The van der Waals surface area contributed by atoms with E-state index in [1.807, 2.05) is 31.2 Å². The Morgan fingerprint density at radius 1 is 1.16 bits per heavy atom. The van der Waals surface area contributed by atoms with Crippen LogP contribution in [-0.4, -0.2) is 34.3 Å². The van der Waals surface area contributed by atoms with Crippen LogP contribution in [0.15, 0.2) is 36.4 Å². The van der Waals surface area contributed by atoms with Gasteiger partial charge in [-0.25, -0.2) is 0 Å². The highest BCUT2D eigenvalue weighted by molar-refractivity contribution is 6.21. The second kappa shape index (κ2) is 14.7. The second-order valence-corrected chi connectivity index (χ2v) is 9.57. The molecule has 4 nitrogen and oxygen atoms in total. The first-order valence-electron chi connectivity index (χ1n) is 12.4. The average molecular weight is 465 g/mol. The molecule has 1 saturated carbocycles. The van der Waals surface area contributed by atoms with Gasteiger partial charge in [-0.05, 0) is 55.6 Å². The molecule has 0 saturated heterocycles. The third-order valence-corrected chi connectivity index (χ3v) is 6.89. The summed E-state index contributed by atoms with van der Waals surface area (Å²) in [4.78, 5) is 11.5. The van der Waals surface area contributed by atoms with Gasteiger partial charge < -0.3 is 14.9 Å². The zero-order chi connectivity index (χ0) is 23.3. The van der Waals surface area contributed by atoms with Crippen LogP contribution in [0, 0.1) is 5.92 Å². The highest BCUT2D eigenvalue weighted by atomic mass is 35.5. The molecular weight excluding hydrogens is 424 g/mol. The van der Waals surface area contributed by atoms with Crippen molar-refractivity contribution in [1.82, 2.24) is 0 Å². The fraction of sp³-hybridized carbons (Fsp3) is 0.667. The van der Waals surface area contributed by atoms with Crippen molar-refractivity contribution < 1.29 is 19.7 Å². The molecule has 5 atom stereocenters. The number of aliphatic hydroxyl groups excluding tert-OH is 2. The van der Waals surface area contributed by atoms with Crippen molar-refractivity contribution in [2.75, 3.05) is 6.61 Å². The van der Waals surface area contributed by atoms with Crippen LogP contribution in [0.1, 0.15) is 101 Å². The van der Waals surface area contributed by atoms with Gasteiger partial charge in [0.2, 0.25) is 0 Å². The summed E-state index contributed by atoms with van der Waals surface area (Å²) in [7, 11) is 0. The van der Waals surface area contributed by atoms with E-state index in [2.05, 4.69) is 19.1 Å². The van der Waals surface area contributed by atoms with Crippen molar-refractivity contribution in [2.45, 2.75) is 102 Å². The Bertz CT molecular complexity index is 687. The van der Waals surface area contributed by atoms with Crippen LogP contribution in [0.25, 0.3) is 0 Å². The van der Waals surface area contributed by atoms with E-state index in [1.54, 1.807) is 0 Å². The number of unbranched alkanes of at least 4 members (excludes halogenated alkanes) is 3. The zero-order valence-electron chi connectivity index (χ0n) is 19.7. The zero-order valence-corrected chi connectivity index (χ0v) is 20.5. The first-order valence-corrected chi connectivity index (χ1v) is 12.8. The SMILES string of the molecule is CCCCCC(O)c1ccc([C@@H]2[C@@H](C/C=C\CCCC(=O)OCCC)[C@H](Cl)C[C@H]2O)cc1. The largest absolute Gasteiger partial charge is 0.466 e. The summed E-state index contributed by atoms with van der Waals surface area (Å²) in [5.74, 6) is 0.0363. The molecule has 2 rings (SSSR count). The topological polar surface area (TPSA) is 66.8 Å². The minimum Gasteiger partial charge on any atom is -0.466 e. The molecule has 1 aliphatic carbocycles. The van der Waals surface area contributed by atoms with Crippen LogP contribution in [0.3, 0.4) is 0 Å². The quantitative estimate of drug-likeness (QED) is 0.144. The van der Waals surface area contributed by atoms with E-state index in [1.165, 1.54) is 0 Å². The van der Waals surface area contributed by atoms with Gasteiger partial charge in [0.1, 0.15) is 0 Å². The Morgan fingerprint density at radius 2 is 1.91 bits per heavy atom. The molecule has 32 heavy (non-hydrogen) atoms. The molecule has 0 spiro atoms. The molecular formula is C27H41ClO4. The number of hydrogen-bond acceptors (Lipinski definition) is 4. The van der Waals surface area contributed by atoms with E-state index in [9.17, 15) is 15.0 Å². The molecule has 1 unspecified atom stereocenters. The molecule has 1 fully saturated rings. The standard InChI is InChI=1S/C27H41ClO4/c1-3-5-8-12-24(29)20-14-16-21(17-15-20)27-22(23(28)19-25(27)30)11-9-6-7-10-13-26(31)32-18-4-2/h6,9,14-17,22-25,27,29-30H,3-5,7-8,10-13,18-19H2,1-2H3/b9-6-/t22-,23+,24?,25+,27+/m0/s1. The summed E-state index contributed by atoms with van der Waals surface area (Å²) in [6, 6.07) is 8.06. The van der Waals surface area contributed by atoms with Crippen LogP contribution in [0.5, 0.6) is 0 Å². The lowest BCUT2D eigenvalue weighted by atomic mass is 9.84. The molecule has 0 amide bonds. The number of ether oxygens (including phenoxy) is 1. The van der Waals surface area contributed by atoms with E-state index < -0.39 is 12.2 Å². The molecule has 1 aliphatic rings. The maximum atomic E-state index is 11.5.